The minimum atomic E-state index is -0.952. The van der Waals surface area contributed by atoms with Gasteiger partial charge >= 0.3 is 0 Å². The third kappa shape index (κ3) is 3.34. The van der Waals surface area contributed by atoms with Crippen molar-refractivity contribution in [2.45, 2.75) is 26.3 Å². The van der Waals surface area contributed by atoms with Crippen LogP contribution < -0.4 is 9.80 Å². The number of aromatic nitrogens is 4. The maximum atomic E-state index is 10.00. The first-order valence-corrected chi connectivity index (χ1v) is 9.17. The summed E-state index contributed by atoms with van der Waals surface area (Å²) in [4.78, 5) is 20.6. The summed E-state index contributed by atoms with van der Waals surface area (Å²) in [5, 5.41) is 20.1. The van der Waals surface area contributed by atoms with Crippen LogP contribution in [0.1, 0.15) is 13.8 Å². The van der Waals surface area contributed by atoms with Gasteiger partial charge in [0.1, 0.15) is 29.8 Å². The number of fused-ring (bicyclic) bond motifs is 1. The molecular weight excluding hydrogens is 352 g/mol. The molecule has 0 radical (unpaired) electrons. The highest BCUT2D eigenvalue weighted by Crippen LogP contribution is 2.31. The molecule has 10 heteroatoms. The van der Waals surface area contributed by atoms with E-state index in [1.807, 2.05) is 11.8 Å². The molecule has 3 heterocycles. The van der Waals surface area contributed by atoms with Crippen LogP contribution in [0.4, 0.5) is 11.6 Å². The Hall–Kier alpha value is -1.42. The summed E-state index contributed by atoms with van der Waals surface area (Å²) in [6, 6.07) is 0. The molecule has 2 aromatic heterocycles. The Morgan fingerprint density at radius 1 is 1.12 bits per heavy atom. The minimum Gasteiger partial charge on any atom is -0.374 e. The number of hydrogen-bond donors (Lipinski definition) is 2. The second-order valence-corrected chi connectivity index (χ2v) is 7.04. The van der Waals surface area contributed by atoms with E-state index in [4.69, 9.17) is 11.6 Å². The van der Waals surface area contributed by atoms with Crippen LogP contribution in [0.2, 0.25) is 5.28 Å². The van der Waals surface area contributed by atoms with E-state index in [1.165, 1.54) is 11.2 Å². The first-order chi connectivity index (χ1) is 11.5. The summed E-state index contributed by atoms with van der Waals surface area (Å²) in [5.74, 6) is 3.00. The van der Waals surface area contributed by atoms with Crippen LogP contribution in [0.3, 0.4) is 0 Å². The van der Waals surface area contributed by atoms with E-state index in [0.29, 0.717) is 22.7 Å². The molecule has 24 heavy (non-hydrogen) atoms. The molecule has 1 aliphatic heterocycles. The summed E-state index contributed by atoms with van der Waals surface area (Å²) in [7, 11) is 0. The highest BCUT2D eigenvalue weighted by Gasteiger charge is 2.25. The largest absolute Gasteiger partial charge is 0.374 e. The smallest absolute Gasteiger partial charge is 0.225 e. The molecule has 3 rings (SSSR count). The Labute approximate surface area is 148 Å². The topological polar surface area (TPSA) is 98.5 Å². The van der Waals surface area contributed by atoms with Crippen LogP contribution in [-0.2, 0) is 0 Å². The number of nitrogens with zero attached hydrogens (tertiary/aromatic N) is 6. The minimum absolute atomic E-state index is 0.0860. The maximum Gasteiger partial charge on any atom is 0.225 e. The highest BCUT2D eigenvalue weighted by molar-refractivity contribution is 7.99. The number of hydrogen-bond acceptors (Lipinski definition) is 9. The number of anilines is 2. The van der Waals surface area contributed by atoms with E-state index in [1.54, 1.807) is 13.8 Å². The zero-order chi connectivity index (χ0) is 17.3. The van der Waals surface area contributed by atoms with Crippen LogP contribution in [0, 0.1) is 0 Å². The SMILES string of the molecule is CC(O)N(c1ncnc2c(N3CCSCC3)nc(Cl)nc12)C(C)O. The van der Waals surface area contributed by atoms with Crippen molar-refractivity contribution in [3.63, 3.8) is 0 Å². The lowest BCUT2D eigenvalue weighted by molar-refractivity contribution is 0.104. The zero-order valence-corrected chi connectivity index (χ0v) is 15.0. The van der Waals surface area contributed by atoms with Crippen molar-refractivity contribution in [2.75, 3.05) is 34.4 Å². The summed E-state index contributed by atoms with van der Waals surface area (Å²) in [6.45, 7) is 4.80. The standard InChI is InChI=1S/C14H19ClN6O2S/c1-8(22)21(9(2)23)12-11-10(16-7-17-12)13(19-14(15)18-11)20-3-5-24-6-4-20/h7-9,22-23H,3-6H2,1-2H3. The molecule has 0 saturated carbocycles. The monoisotopic (exact) mass is 370 g/mol. The molecule has 0 amide bonds. The van der Waals surface area contributed by atoms with Gasteiger partial charge in [0.05, 0.1) is 0 Å². The molecule has 2 N–H and O–H groups in total. The Bertz CT molecular complexity index is 718. The van der Waals surface area contributed by atoms with Crippen molar-refractivity contribution in [3.8, 4) is 0 Å². The maximum absolute atomic E-state index is 10.00. The molecule has 8 nitrogen and oxygen atoms in total. The van der Waals surface area contributed by atoms with Gasteiger partial charge in [-0.1, -0.05) is 0 Å². The predicted octanol–water partition coefficient (Wildman–Crippen LogP) is 1.11. The fourth-order valence-corrected chi connectivity index (χ4v) is 3.81. The summed E-state index contributed by atoms with van der Waals surface area (Å²) >= 11 is 8.02. The molecule has 1 fully saturated rings. The van der Waals surface area contributed by atoms with E-state index in [0.717, 1.165) is 24.6 Å². The van der Waals surface area contributed by atoms with Gasteiger partial charge in [-0.05, 0) is 25.4 Å². The lowest BCUT2D eigenvalue weighted by Gasteiger charge is -2.31. The van der Waals surface area contributed by atoms with Crippen molar-refractivity contribution in [1.82, 2.24) is 19.9 Å². The van der Waals surface area contributed by atoms with E-state index < -0.39 is 12.5 Å². The van der Waals surface area contributed by atoms with E-state index in [2.05, 4.69) is 24.8 Å². The quantitative estimate of drug-likeness (QED) is 0.605. The molecular formula is C14H19ClN6O2S. The summed E-state index contributed by atoms with van der Waals surface area (Å²) in [6.07, 6.45) is -0.520. The molecule has 2 aromatic rings. The van der Waals surface area contributed by atoms with Gasteiger partial charge in [-0.2, -0.15) is 16.7 Å². The van der Waals surface area contributed by atoms with Gasteiger partial charge in [0.15, 0.2) is 11.6 Å². The van der Waals surface area contributed by atoms with E-state index in [-0.39, 0.29) is 5.28 Å². The first kappa shape index (κ1) is 17.4. The first-order valence-electron chi connectivity index (χ1n) is 7.64. The number of halogens is 1. The van der Waals surface area contributed by atoms with Gasteiger partial charge in [-0.15, -0.1) is 0 Å². The second-order valence-electron chi connectivity index (χ2n) is 5.48. The molecule has 0 bridgehead atoms. The van der Waals surface area contributed by atoms with Gasteiger partial charge in [-0.3, -0.25) is 0 Å². The molecule has 2 atom stereocenters. The van der Waals surface area contributed by atoms with Gasteiger partial charge < -0.3 is 20.0 Å². The Morgan fingerprint density at radius 2 is 1.79 bits per heavy atom. The van der Waals surface area contributed by atoms with E-state index in [9.17, 15) is 10.2 Å². The Kier molecular flexibility index (Phi) is 5.24. The predicted molar refractivity (Wildman–Crippen MR) is 95.5 cm³/mol. The number of thioether (sulfide) groups is 1. The average molecular weight is 371 g/mol. The van der Waals surface area contributed by atoms with Crippen LogP contribution in [0.5, 0.6) is 0 Å². The second kappa shape index (κ2) is 7.22. The zero-order valence-electron chi connectivity index (χ0n) is 13.4. The Balaban J connectivity index is 2.17. The molecule has 0 aliphatic carbocycles. The number of rotatable bonds is 4. The normalized spacial score (nSPS) is 17.8. The van der Waals surface area contributed by atoms with Crippen molar-refractivity contribution < 1.29 is 10.2 Å². The highest BCUT2D eigenvalue weighted by atomic mass is 35.5. The number of aliphatic hydroxyl groups is 2. The summed E-state index contributed by atoms with van der Waals surface area (Å²) in [5.41, 5.74) is 0.968. The fraction of sp³-hybridized carbons (Fsp3) is 0.571. The number of aliphatic hydroxyl groups excluding tert-OH is 2. The summed E-state index contributed by atoms with van der Waals surface area (Å²) < 4.78 is 0. The van der Waals surface area contributed by atoms with Crippen LogP contribution in [0.15, 0.2) is 6.33 Å². The third-order valence-electron chi connectivity index (χ3n) is 3.78. The van der Waals surface area contributed by atoms with Crippen molar-refractivity contribution >= 4 is 46.0 Å². The van der Waals surface area contributed by atoms with Crippen LogP contribution in [-0.4, -0.2) is 67.2 Å². The molecule has 0 aromatic carbocycles. The third-order valence-corrected chi connectivity index (χ3v) is 4.89. The fourth-order valence-electron chi connectivity index (χ4n) is 2.74. The van der Waals surface area contributed by atoms with Gasteiger partial charge in [0, 0.05) is 24.6 Å². The molecule has 2 unspecified atom stereocenters. The molecule has 1 aliphatic rings. The van der Waals surface area contributed by atoms with Crippen molar-refractivity contribution in [1.29, 1.82) is 0 Å². The van der Waals surface area contributed by atoms with Crippen molar-refractivity contribution in [2.24, 2.45) is 0 Å². The molecule has 130 valence electrons. The van der Waals surface area contributed by atoms with Gasteiger partial charge in [-0.25, -0.2) is 15.0 Å². The Morgan fingerprint density at radius 3 is 2.42 bits per heavy atom. The lowest BCUT2D eigenvalue weighted by Crippen LogP contribution is -2.41. The lowest BCUT2D eigenvalue weighted by atomic mass is 10.3. The molecule has 1 saturated heterocycles. The van der Waals surface area contributed by atoms with Crippen molar-refractivity contribution in [3.05, 3.63) is 11.6 Å². The average Bonchev–Trinajstić information content (AvgIpc) is 2.55. The molecule has 0 spiro atoms. The van der Waals surface area contributed by atoms with Gasteiger partial charge in [0.2, 0.25) is 5.28 Å². The van der Waals surface area contributed by atoms with Gasteiger partial charge in [0.25, 0.3) is 0 Å². The van der Waals surface area contributed by atoms with E-state index >= 15 is 0 Å². The van der Waals surface area contributed by atoms with Crippen LogP contribution >= 0.6 is 23.4 Å². The van der Waals surface area contributed by atoms with Crippen LogP contribution in [0.25, 0.3) is 11.0 Å².